The van der Waals surface area contributed by atoms with Crippen LogP contribution in [0.1, 0.15) is 20.7 Å². The highest BCUT2D eigenvalue weighted by Crippen LogP contribution is 2.26. The molecule has 1 heterocycles. The Kier molecular flexibility index (Phi) is 1.92. The van der Waals surface area contributed by atoms with E-state index in [1.54, 1.807) is 0 Å². The van der Waals surface area contributed by atoms with Gasteiger partial charge in [0.1, 0.15) is 0 Å². The van der Waals surface area contributed by atoms with Crippen LogP contribution in [0.4, 0.5) is 14.5 Å². The average Bonchev–Trinajstić information content (AvgIpc) is 2.39. The Bertz CT molecular complexity index is 459. The predicted octanol–water partition coefficient (Wildman–Crippen LogP) is 1.09. The first-order valence-electron chi connectivity index (χ1n) is 4.08. The molecule has 15 heavy (non-hydrogen) atoms. The van der Waals surface area contributed by atoms with Crippen molar-refractivity contribution in [1.29, 1.82) is 0 Å². The van der Waals surface area contributed by atoms with E-state index < -0.39 is 18.4 Å². The number of carbonyl (C=O) groups excluding carboxylic acids is 2. The lowest BCUT2D eigenvalue weighted by molar-refractivity contribution is -0.00303. The van der Waals surface area contributed by atoms with Crippen LogP contribution in [0.5, 0.6) is 0 Å². The van der Waals surface area contributed by atoms with E-state index in [1.807, 2.05) is 0 Å². The lowest BCUT2D eigenvalue weighted by Crippen LogP contribution is -2.34. The van der Waals surface area contributed by atoms with Gasteiger partial charge in [-0.3, -0.25) is 9.59 Å². The number of nitrogen functional groups attached to an aromatic ring is 1. The van der Waals surface area contributed by atoms with Crippen molar-refractivity contribution >= 4 is 17.5 Å². The molecule has 0 fully saturated rings. The maximum Gasteiger partial charge on any atom is 0.324 e. The number of nitrogens with two attached hydrogens (primary N) is 1. The lowest BCUT2D eigenvalue weighted by atomic mass is 10.1. The molecular formula is C9H6F2N2O2. The van der Waals surface area contributed by atoms with E-state index in [0.717, 1.165) is 0 Å². The van der Waals surface area contributed by atoms with Crippen LogP contribution in [0.2, 0.25) is 0 Å². The minimum absolute atomic E-state index is 0.0329. The largest absolute Gasteiger partial charge is 0.399 e. The highest BCUT2D eigenvalue weighted by molar-refractivity contribution is 6.21. The summed E-state index contributed by atoms with van der Waals surface area (Å²) in [6.07, 6.45) is 0. The summed E-state index contributed by atoms with van der Waals surface area (Å²) in [6, 6.07) is 3.88. The van der Waals surface area contributed by atoms with E-state index >= 15 is 0 Å². The van der Waals surface area contributed by atoms with Crippen LogP contribution >= 0.6 is 0 Å². The molecule has 0 saturated carbocycles. The van der Waals surface area contributed by atoms with E-state index in [2.05, 4.69) is 0 Å². The van der Waals surface area contributed by atoms with Crippen molar-refractivity contribution in [2.45, 2.75) is 6.55 Å². The Morgan fingerprint density at radius 3 is 2.33 bits per heavy atom. The van der Waals surface area contributed by atoms with E-state index in [-0.39, 0.29) is 21.7 Å². The fourth-order valence-electron chi connectivity index (χ4n) is 1.45. The average molecular weight is 212 g/mol. The molecule has 2 rings (SSSR count). The molecule has 0 aliphatic carbocycles. The van der Waals surface area contributed by atoms with Crippen molar-refractivity contribution in [3.8, 4) is 0 Å². The van der Waals surface area contributed by atoms with Crippen molar-refractivity contribution in [3.05, 3.63) is 29.3 Å². The number of hydrogen-bond acceptors (Lipinski definition) is 3. The Morgan fingerprint density at radius 2 is 1.73 bits per heavy atom. The SMILES string of the molecule is Nc1ccc2c(c1)C(=O)N(C(F)F)C2=O. The molecule has 2 N–H and O–H groups in total. The fraction of sp³-hybridized carbons (Fsp3) is 0.111. The van der Waals surface area contributed by atoms with Gasteiger partial charge in [0.25, 0.3) is 11.8 Å². The summed E-state index contributed by atoms with van der Waals surface area (Å²) in [7, 11) is 0. The zero-order chi connectivity index (χ0) is 11.2. The first-order chi connectivity index (χ1) is 7.02. The second-order valence-electron chi connectivity index (χ2n) is 3.06. The number of amides is 2. The van der Waals surface area contributed by atoms with Crippen molar-refractivity contribution in [2.75, 3.05) is 5.73 Å². The molecule has 0 bridgehead atoms. The molecule has 0 unspecified atom stereocenters. The minimum atomic E-state index is -3.13. The highest BCUT2D eigenvalue weighted by Gasteiger charge is 2.40. The van der Waals surface area contributed by atoms with Crippen molar-refractivity contribution in [3.63, 3.8) is 0 Å². The zero-order valence-corrected chi connectivity index (χ0v) is 7.41. The quantitative estimate of drug-likeness (QED) is 0.430. The predicted molar refractivity (Wildman–Crippen MR) is 47.4 cm³/mol. The van der Waals surface area contributed by atoms with Gasteiger partial charge in [0, 0.05) is 5.69 Å². The Morgan fingerprint density at radius 1 is 1.13 bits per heavy atom. The molecule has 1 aliphatic heterocycles. The van der Waals surface area contributed by atoms with Gasteiger partial charge in [0.2, 0.25) is 0 Å². The standard InChI is InChI=1S/C9H6F2N2O2/c10-9(11)13-7(14)5-2-1-4(12)3-6(5)8(13)15/h1-3,9H,12H2. The topological polar surface area (TPSA) is 63.4 Å². The maximum atomic E-state index is 12.4. The number of rotatable bonds is 1. The van der Waals surface area contributed by atoms with Crippen LogP contribution in [0, 0.1) is 0 Å². The van der Waals surface area contributed by atoms with Gasteiger partial charge in [0.15, 0.2) is 0 Å². The Hall–Kier alpha value is -1.98. The molecule has 4 nitrogen and oxygen atoms in total. The molecule has 1 aliphatic rings. The van der Waals surface area contributed by atoms with E-state index in [1.165, 1.54) is 18.2 Å². The van der Waals surface area contributed by atoms with Gasteiger partial charge < -0.3 is 5.73 Å². The summed E-state index contributed by atoms with van der Waals surface area (Å²) in [4.78, 5) is 22.6. The van der Waals surface area contributed by atoms with Gasteiger partial charge in [-0.25, -0.2) is 4.90 Å². The van der Waals surface area contributed by atoms with Crippen molar-refractivity contribution in [2.24, 2.45) is 0 Å². The number of anilines is 1. The molecule has 0 radical (unpaired) electrons. The number of hydrogen-bond donors (Lipinski definition) is 1. The number of benzene rings is 1. The second kappa shape index (κ2) is 3.01. The smallest absolute Gasteiger partial charge is 0.324 e. The third-order valence-electron chi connectivity index (χ3n) is 2.14. The molecular weight excluding hydrogens is 206 g/mol. The molecule has 0 atom stereocenters. The van der Waals surface area contributed by atoms with Gasteiger partial charge in [-0.15, -0.1) is 0 Å². The van der Waals surface area contributed by atoms with Gasteiger partial charge in [0.05, 0.1) is 11.1 Å². The monoisotopic (exact) mass is 212 g/mol. The normalized spacial score (nSPS) is 15.0. The van der Waals surface area contributed by atoms with Gasteiger partial charge >= 0.3 is 6.55 Å². The Balaban J connectivity index is 2.56. The summed E-state index contributed by atoms with van der Waals surface area (Å²) in [5.74, 6) is -1.98. The van der Waals surface area contributed by atoms with E-state index in [4.69, 9.17) is 5.73 Å². The number of halogens is 2. The van der Waals surface area contributed by atoms with E-state index in [0.29, 0.717) is 0 Å². The van der Waals surface area contributed by atoms with Gasteiger partial charge in [-0.2, -0.15) is 8.78 Å². The van der Waals surface area contributed by atoms with Gasteiger partial charge in [-0.05, 0) is 18.2 Å². The summed E-state index contributed by atoms with van der Waals surface area (Å²) in [5.41, 5.74) is 5.54. The number of imide groups is 1. The highest BCUT2D eigenvalue weighted by atomic mass is 19.3. The lowest BCUT2D eigenvalue weighted by Gasteiger charge is -2.10. The van der Waals surface area contributed by atoms with Crippen LogP contribution in [0.3, 0.4) is 0 Å². The number of alkyl halides is 2. The molecule has 0 spiro atoms. The molecule has 1 aromatic rings. The van der Waals surface area contributed by atoms with E-state index in [9.17, 15) is 18.4 Å². The summed E-state index contributed by atoms with van der Waals surface area (Å²) >= 11 is 0. The summed E-state index contributed by atoms with van der Waals surface area (Å²) in [5, 5.41) is 0. The molecule has 78 valence electrons. The summed E-state index contributed by atoms with van der Waals surface area (Å²) in [6.45, 7) is -3.13. The van der Waals surface area contributed by atoms with Crippen LogP contribution in [-0.2, 0) is 0 Å². The fourth-order valence-corrected chi connectivity index (χ4v) is 1.45. The minimum Gasteiger partial charge on any atom is -0.399 e. The third-order valence-corrected chi connectivity index (χ3v) is 2.14. The molecule has 1 aromatic carbocycles. The van der Waals surface area contributed by atoms with Crippen molar-refractivity contribution < 1.29 is 18.4 Å². The van der Waals surface area contributed by atoms with Crippen LogP contribution < -0.4 is 5.73 Å². The number of carbonyl (C=O) groups is 2. The number of fused-ring (bicyclic) bond motifs is 1. The van der Waals surface area contributed by atoms with Crippen LogP contribution in [-0.4, -0.2) is 23.3 Å². The maximum absolute atomic E-state index is 12.4. The first kappa shape index (κ1) is 9.57. The molecule has 0 aromatic heterocycles. The Labute approximate surface area is 83.3 Å². The zero-order valence-electron chi connectivity index (χ0n) is 7.41. The second-order valence-corrected chi connectivity index (χ2v) is 3.06. The summed E-state index contributed by atoms with van der Waals surface area (Å²) < 4.78 is 24.7. The van der Waals surface area contributed by atoms with Crippen LogP contribution in [0.15, 0.2) is 18.2 Å². The first-order valence-corrected chi connectivity index (χ1v) is 4.08. The molecule has 6 heteroatoms. The van der Waals surface area contributed by atoms with Crippen molar-refractivity contribution in [1.82, 2.24) is 4.90 Å². The molecule has 0 saturated heterocycles. The van der Waals surface area contributed by atoms with Gasteiger partial charge in [-0.1, -0.05) is 0 Å². The third kappa shape index (κ3) is 1.25. The van der Waals surface area contributed by atoms with Crippen LogP contribution in [0.25, 0.3) is 0 Å². The number of nitrogens with zero attached hydrogens (tertiary/aromatic N) is 1. The molecule has 2 amide bonds.